The number of nitrogens with one attached hydrogen (secondary N) is 1. The van der Waals surface area contributed by atoms with Crippen molar-refractivity contribution < 1.29 is 4.39 Å². The van der Waals surface area contributed by atoms with Crippen LogP contribution < -0.4 is 5.32 Å². The second-order valence-corrected chi connectivity index (χ2v) is 4.09. The Morgan fingerprint density at radius 2 is 1.42 bits per heavy atom. The van der Waals surface area contributed by atoms with Gasteiger partial charge in [0.1, 0.15) is 5.82 Å². The Morgan fingerprint density at radius 3 is 1.83 bits per heavy atom. The molecule has 0 aliphatic heterocycles. The van der Waals surface area contributed by atoms with Crippen molar-refractivity contribution in [3.05, 3.63) is 78.4 Å². The topological polar surface area (TPSA) is 24.9 Å². The van der Waals surface area contributed by atoms with E-state index in [-0.39, 0.29) is 5.82 Å². The summed E-state index contributed by atoms with van der Waals surface area (Å²) in [6.07, 6.45) is 7.21. The quantitative estimate of drug-likeness (QED) is 0.716. The van der Waals surface area contributed by atoms with E-state index in [1.807, 2.05) is 60.0 Å². The SMILES string of the molecule is C=C/C(=C/c1ccncc1)c1ccc(F)cc1.CC.CC.CNC. The molecule has 0 aliphatic rings. The molecule has 0 unspecified atom stereocenters. The molecule has 0 radical (unpaired) electrons. The maximum Gasteiger partial charge on any atom is 0.123 e. The normalized spacial score (nSPS) is 9.21. The van der Waals surface area contributed by atoms with Gasteiger partial charge in [-0.05, 0) is 61.1 Å². The van der Waals surface area contributed by atoms with Gasteiger partial charge in [0.05, 0.1) is 0 Å². The Kier molecular flexibility index (Phi) is 17.1. The van der Waals surface area contributed by atoms with E-state index in [0.717, 1.165) is 16.7 Å². The smallest absolute Gasteiger partial charge is 0.123 e. The van der Waals surface area contributed by atoms with Gasteiger partial charge >= 0.3 is 0 Å². The zero-order valence-electron chi connectivity index (χ0n) is 15.8. The van der Waals surface area contributed by atoms with Gasteiger partial charge in [0, 0.05) is 12.4 Å². The van der Waals surface area contributed by atoms with Gasteiger partial charge in [0.2, 0.25) is 0 Å². The Bertz CT molecular complexity index is 546. The van der Waals surface area contributed by atoms with Crippen molar-refractivity contribution in [1.82, 2.24) is 10.3 Å². The molecule has 2 aromatic rings. The summed E-state index contributed by atoms with van der Waals surface area (Å²) in [6, 6.07) is 10.2. The minimum Gasteiger partial charge on any atom is -0.323 e. The lowest BCUT2D eigenvalue weighted by atomic mass is 10.0. The summed E-state index contributed by atoms with van der Waals surface area (Å²) >= 11 is 0. The predicted molar refractivity (Wildman–Crippen MR) is 106 cm³/mol. The van der Waals surface area contributed by atoms with Crippen LogP contribution in [0.25, 0.3) is 11.6 Å². The lowest BCUT2D eigenvalue weighted by Gasteiger charge is -2.02. The Hall–Kier alpha value is -2.26. The summed E-state index contributed by atoms with van der Waals surface area (Å²) in [7, 11) is 3.75. The van der Waals surface area contributed by atoms with E-state index in [9.17, 15) is 4.39 Å². The number of hydrogen-bond donors (Lipinski definition) is 1. The molecule has 0 atom stereocenters. The average Bonchev–Trinajstić information content (AvgIpc) is 2.65. The minimum absolute atomic E-state index is 0.235. The average molecular weight is 330 g/mol. The van der Waals surface area contributed by atoms with E-state index in [1.165, 1.54) is 12.1 Å². The molecule has 0 saturated heterocycles. The summed E-state index contributed by atoms with van der Waals surface area (Å²) in [5, 5.41) is 2.75. The number of hydrogen-bond acceptors (Lipinski definition) is 2. The highest BCUT2D eigenvalue weighted by Gasteiger charge is 1.98. The number of aromatic nitrogens is 1. The molecule has 2 rings (SSSR count). The lowest BCUT2D eigenvalue weighted by Crippen LogP contribution is -1.89. The molecule has 132 valence electrons. The second kappa shape index (κ2) is 17.1. The molecule has 1 aromatic carbocycles. The molecule has 1 heterocycles. The molecule has 1 N–H and O–H groups in total. The summed E-state index contributed by atoms with van der Waals surface area (Å²) < 4.78 is 12.8. The van der Waals surface area contributed by atoms with E-state index < -0.39 is 0 Å². The van der Waals surface area contributed by atoms with Crippen LogP contribution in [0.3, 0.4) is 0 Å². The molecule has 1 aromatic heterocycles. The summed E-state index contributed by atoms with van der Waals surface area (Å²) in [5.74, 6) is -0.235. The van der Waals surface area contributed by atoms with Crippen LogP contribution in [0, 0.1) is 5.82 Å². The monoisotopic (exact) mass is 330 g/mol. The van der Waals surface area contributed by atoms with Crippen LogP contribution in [0.15, 0.2) is 61.4 Å². The van der Waals surface area contributed by atoms with Gasteiger partial charge in [-0.25, -0.2) is 4.39 Å². The molecular formula is C21H31FN2. The first-order valence-corrected chi connectivity index (χ1v) is 8.30. The number of halogens is 1. The van der Waals surface area contributed by atoms with Gasteiger partial charge in [-0.3, -0.25) is 4.98 Å². The highest BCUT2D eigenvalue weighted by atomic mass is 19.1. The van der Waals surface area contributed by atoms with Crippen LogP contribution in [0.1, 0.15) is 38.8 Å². The molecule has 0 bridgehead atoms. The fourth-order valence-electron chi connectivity index (χ4n) is 1.54. The van der Waals surface area contributed by atoms with Crippen molar-refractivity contribution in [2.45, 2.75) is 27.7 Å². The van der Waals surface area contributed by atoms with Crippen LogP contribution in [0.4, 0.5) is 4.39 Å². The first-order valence-electron chi connectivity index (χ1n) is 8.30. The van der Waals surface area contributed by atoms with Gasteiger partial charge < -0.3 is 5.32 Å². The Balaban J connectivity index is 0. The molecule has 3 heteroatoms. The third kappa shape index (κ3) is 10.5. The predicted octanol–water partition coefficient (Wildman–Crippen LogP) is 5.84. The minimum atomic E-state index is -0.235. The van der Waals surface area contributed by atoms with Crippen LogP contribution in [0.2, 0.25) is 0 Å². The lowest BCUT2D eigenvalue weighted by molar-refractivity contribution is 0.627. The van der Waals surface area contributed by atoms with Gasteiger partial charge in [0.15, 0.2) is 0 Å². The first-order chi connectivity index (χ1) is 11.7. The number of benzene rings is 1. The number of nitrogens with zero attached hydrogens (tertiary/aromatic N) is 1. The van der Waals surface area contributed by atoms with Crippen molar-refractivity contribution in [3.8, 4) is 0 Å². The van der Waals surface area contributed by atoms with Gasteiger partial charge in [0.25, 0.3) is 0 Å². The molecule has 0 fully saturated rings. The van der Waals surface area contributed by atoms with Crippen LogP contribution >= 0.6 is 0 Å². The van der Waals surface area contributed by atoms with Crippen molar-refractivity contribution in [2.24, 2.45) is 0 Å². The van der Waals surface area contributed by atoms with Crippen LogP contribution in [-0.4, -0.2) is 19.1 Å². The van der Waals surface area contributed by atoms with Crippen LogP contribution in [-0.2, 0) is 0 Å². The number of pyridine rings is 1. The molecular weight excluding hydrogens is 299 g/mol. The Morgan fingerprint density at radius 1 is 0.958 bits per heavy atom. The van der Waals surface area contributed by atoms with Crippen molar-refractivity contribution in [3.63, 3.8) is 0 Å². The zero-order valence-corrected chi connectivity index (χ0v) is 15.8. The molecule has 0 saturated carbocycles. The highest BCUT2D eigenvalue weighted by Crippen LogP contribution is 2.19. The van der Waals surface area contributed by atoms with Crippen LogP contribution in [0.5, 0.6) is 0 Å². The maximum atomic E-state index is 12.8. The third-order valence-corrected chi connectivity index (χ3v) is 2.43. The summed E-state index contributed by atoms with van der Waals surface area (Å²) in [6.45, 7) is 11.8. The Labute approximate surface area is 147 Å². The molecule has 0 aliphatic carbocycles. The van der Waals surface area contributed by atoms with Gasteiger partial charge in [-0.15, -0.1) is 0 Å². The molecule has 24 heavy (non-hydrogen) atoms. The fraction of sp³-hybridized carbons (Fsp3) is 0.286. The highest BCUT2D eigenvalue weighted by molar-refractivity contribution is 5.86. The third-order valence-electron chi connectivity index (χ3n) is 2.43. The zero-order chi connectivity index (χ0) is 18.8. The number of rotatable bonds is 3. The second-order valence-electron chi connectivity index (χ2n) is 4.09. The standard InChI is InChI=1S/C15H12FN.C2H7N.2C2H6/c1-2-13(11-12-7-9-17-10-8-12)14-3-5-15(16)6-4-14;1-3-2;2*1-2/h2-11H,1H2;3H,1-2H3;2*1-2H3/b13-11-;;;. The van der Waals surface area contributed by atoms with E-state index >= 15 is 0 Å². The summed E-state index contributed by atoms with van der Waals surface area (Å²) in [5.41, 5.74) is 2.94. The summed E-state index contributed by atoms with van der Waals surface area (Å²) in [4.78, 5) is 3.96. The first kappa shape index (κ1) is 24.0. The van der Waals surface area contributed by atoms with Gasteiger partial charge in [-0.2, -0.15) is 0 Å². The van der Waals surface area contributed by atoms with E-state index in [1.54, 1.807) is 30.6 Å². The van der Waals surface area contributed by atoms with Crippen molar-refractivity contribution >= 4 is 11.6 Å². The molecule has 2 nitrogen and oxygen atoms in total. The molecule has 0 amide bonds. The van der Waals surface area contributed by atoms with E-state index in [2.05, 4.69) is 16.9 Å². The van der Waals surface area contributed by atoms with Crippen molar-refractivity contribution in [1.29, 1.82) is 0 Å². The largest absolute Gasteiger partial charge is 0.323 e. The number of allylic oxidation sites excluding steroid dienone is 2. The van der Waals surface area contributed by atoms with Crippen molar-refractivity contribution in [2.75, 3.05) is 14.1 Å². The molecule has 0 spiro atoms. The van der Waals surface area contributed by atoms with Gasteiger partial charge in [-0.1, -0.05) is 52.5 Å². The van der Waals surface area contributed by atoms with E-state index in [0.29, 0.717) is 0 Å². The fourth-order valence-corrected chi connectivity index (χ4v) is 1.54. The maximum absolute atomic E-state index is 12.8. The van der Waals surface area contributed by atoms with E-state index in [4.69, 9.17) is 0 Å².